The Labute approximate surface area is 123 Å². The molecule has 6 heteroatoms. The molecule has 18 heavy (non-hydrogen) atoms. The zero-order chi connectivity index (χ0) is 13.3. The van der Waals surface area contributed by atoms with Crippen LogP contribution in [0.4, 0.5) is 4.39 Å². The van der Waals surface area contributed by atoms with Crippen LogP contribution < -0.4 is 5.73 Å². The van der Waals surface area contributed by atoms with Crippen molar-refractivity contribution >= 4 is 46.1 Å². The molecule has 1 nitrogen and oxygen atoms in total. The van der Waals surface area contributed by atoms with Gasteiger partial charge in [-0.05, 0) is 30.2 Å². The van der Waals surface area contributed by atoms with E-state index in [4.69, 9.17) is 40.5 Å². The van der Waals surface area contributed by atoms with Crippen LogP contribution in [0, 0.1) is 5.82 Å². The molecule has 2 rings (SSSR count). The Morgan fingerprint density at radius 3 is 2.50 bits per heavy atom. The van der Waals surface area contributed by atoms with Crippen LogP contribution in [0.5, 0.6) is 0 Å². The van der Waals surface area contributed by atoms with Crippen LogP contribution in [0.15, 0.2) is 24.3 Å². The highest BCUT2D eigenvalue weighted by molar-refractivity contribution is 7.20. The Kier molecular flexibility index (Phi) is 4.51. The van der Waals surface area contributed by atoms with Crippen molar-refractivity contribution in [2.24, 2.45) is 5.73 Å². The molecule has 0 aliphatic carbocycles. The lowest BCUT2D eigenvalue weighted by Crippen LogP contribution is -2.13. The maximum absolute atomic E-state index is 13.3. The van der Waals surface area contributed by atoms with Crippen LogP contribution in [0.25, 0.3) is 0 Å². The van der Waals surface area contributed by atoms with E-state index in [0.717, 1.165) is 11.1 Å². The lowest BCUT2D eigenvalue weighted by molar-refractivity contribution is 0.622. The molecule has 2 N–H and O–H groups in total. The molecule has 1 atom stereocenters. The van der Waals surface area contributed by atoms with E-state index in [2.05, 4.69) is 0 Å². The minimum Gasteiger partial charge on any atom is -0.324 e. The zero-order valence-electron chi connectivity index (χ0n) is 9.09. The van der Waals surface area contributed by atoms with E-state index in [1.54, 1.807) is 12.1 Å². The van der Waals surface area contributed by atoms with Crippen molar-refractivity contribution in [3.05, 3.63) is 54.9 Å². The maximum Gasteiger partial charge on any atom is 0.142 e. The average molecular weight is 325 g/mol. The fourth-order valence-electron chi connectivity index (χ4n) is 1.64. The van der Waals surface area contributed by atoms with Gasteiger partial charge in [-0.15, -0.1) is 11.3 Å². The van der Waals surface area contributed by atoms with Crippen molar-refractivity contribution in [1.29, 1.82) is 0 Å². The monoisotopic (exact) mass is 323 g/mol. The summed E-state index contributed by atoms with van der Waals surface area (Å²) in [6, 6.07) is 6.06. The van der Waals surface area contributed by atoms with E-state index in [1.807, 2.05) is 0 Å². The molecule has 0 amide bonds. The van der Waals surface area contributed by atoms with E-state index < -0.39 is 5.82 Å². The van der Waals surface area contributed by atoms with Crippen molar-refractivity contribution in [3.8, 4) is 0 Å². The molecule has 0 fully saturated rings. The third-order valence-corrected chi connectivity index (χ3v) is 4.35. The van der Waals surface area contributed by atoms with E-state index in [-0.39, 0.29) is 11.1 Å². The van der Waals surface area contributed by atoms with E-state index in [1.165, 1.54) is 23.5 Å². The lowest BCUT2D eigenvalue weighted by Gasteiger charge is -2.11. The van der Waals surface area contributed by atoms with Gasteiger partial charge < -0.3 is 5.73 Å². The summed E-state index contributed by atoms with van der Waals surface area (Å²) in [5, 5.41) is 0.101. The van der Waals surface area contributed by atoms with Gasteiger partial charge >= 0.3 is 0 Å². The molecular weight excluding hydrogens is 316 g/mol. The summed E-state index contributed by atoms with van der Waals surface area (Å²) in [5.41, 5.74) is 7.58. The molecule has 0 aliphatic heterocycles. The number of nitrogens with two attached hydrogens (primary N) is 1. The minimum atomic E-state index is -0.448. The topological polar surface area (TPSA) is 26.0 Å². The van der Waals surface area contributed by atoms with Crippen LogP contribution in [0.1, 0.15) is 17.2 Å². The van der Waals surface area contributed by atoms with Gasteiger partial charge in [-0.3, -0.25) is 0 Å². The summed E-state index contributed by atoms with van der Waals surface area (Å²) in [4.78, 5) is 0. The molecule has 0 saturated carbocycles. The Balaban J connectivity index is 2.18. The highest BCUT2D eigenvalue weighted by Crippen LogP contribution is 2.35. The number of halogens is 4. The summed E-state index contributed by atoms with van der Waals surface area (Å²) in [7, 11) is 0. The van der Waals surface area contributed by atoms with Gasteiger partial charge in [0.05, 0.1) is 13.7 Å². The molecule has 1 heterocycles. The van der Waals surface area contributed by atoms with Crippen molar-refractivity contribution in [2.45, 2.75) is 12.5 Å². The second-order valence-corrected chi connectivity index (χ2v) is 6.53. The summed E-state index contributed by atoms with van der Waals surface area (Å²) in [5.74, 6) is -0.448. The van der Waals surface area contributed by atoms with E-state index >= 15 is 0 Å². The van der Waals surface area contributed by atoms with Crippen molar-refractivity contribution in [1.82, 2.24) is 0 Å². The van der Waals surface area contributed by atoms with Gasteiger partial charge in [0.2, 0.25) is 0 Å². The largest absolute Gasteiger partial charge is 0.324 e. The average Bonchev–Trinajstić information content (AvgIpc) is 2.63. The van der Waals surface area contributed by atoms with Gasteiger partial charge in [0, 0.05) is 11.6 Å². The summed E-state index contributed by atoms with van der Waals surface area (Å²) >= 11 is 18.8. The smallest absolute Gasteiger partial charge is 0.142 e. The molecule has 1 unspecified atom stereocenters. The van der Waals surface area contributed by atoms with Gasteiger partial charge in [-0.25, -0.2) is 4.39 Å². The van der Waals surface area contributed by atoms with Gasteiger partial charge in [0.25, 0.3) is 0 Å². The molecule has 1 aromatic carbocycles. The molecule has 0 bridgehead atoms. The van der Waals surface area contributed by atoms with E-state index in [0.29, 0.717) is 15.1 Å². The summed E-state index contributed by atoms with van der Waals surface area (Å²) in [6.07, 6.45) is 0.473. The third kappa shape index (κ3) is 3.16. The SMILES string of the molecule is NC(Cc1ccc(Cl)c(F)c1)c1cc(Cl)sc1Cl. The Hall–Kier alpha value is -0.320. The first-order valence-electron chi connectivity index (χ1n) is 5.11. The fourth-order valence-corrected chi connectivity index (χ4v) is 3.35. The number of hydrogen-bond donors (Lipinski definition) is 1. The predicted octanol–water partition coefficient (Wildman–Crippen LogP) is 5.09. The molecule has 0 spiro atoms. The highest BCUT2D eigenvalue weighted by Gasteiger charge is 2.15. The Morgan fingerprint density at radius 1 is 1.22 bits per heavy atom. The van der Waals surface area contributed by atoms with Crippen molar-refractivity contribution in [2.75, 3.05) is 0 Å². The van der Waals surface area contributed by atoms with Crippen molar-refractivity contribution in [3.63, 3.8) is 0 Å². The van der Waals surface area contributed by atoms with E-state index in [9.17, 15) is 4.39 Å². The van der Waals surface area contributed by atoms with Gasteiger partial charge in [0.15, 0.2) is 0 Å². The van der Waals surface area contributed by atoms with Crippen molar-refractivity contribution < 1.29 is 4.39 Å². The number of thiophene rings is 1. The Morgan fingerprint density at radius 2 is 1.94 bits per heavy atom. The second kappa shape index (κ2) is 5.76. The Bertz CT molecular complexity index is 570. The quantitative estimate of drug-likeness (QED) is 0.836. The normalized spacial score (nSPS) is 12.7. The highest BCUT2D eigenvalue weighted by atomic mass is 35.5. The van der Waals surface area contributed by atoms with Crippen LogP contribution >= 0.6 is 46.1 Å². The first kappa shape index (κ1) is 14.1. The van der Waals surface area contributed by atoms with Crippen LogP contribution in [-0.4, -0.2) is 0 Å². The predicted molar refractivity (Wildman–Crippen MR) is 76.4 cm³/mol. The molecule has 0 aliphatic rings. The summed E-state index contributed by atoms with van der Waals surface area (Å²) < 4.78 is 14.5. The minimum absolute atomic E-state index is 0.101. The molecule has 1 aromatic heterocycles. The maximum atomic E-state index is 13.3. The number of hydrogen-bond acceptors (Lipinski definition) is 2. The van der Waals surface area contributed by atoms with Gasteiger partial charge in [0.1, 0.15) is 5.82 Å². The van der Waals surface area contributed by atoms with Crippen LogP contribution in [0.3, 0.4) is 0 Å². The van der Waals surface area contributed by atoms with Crippen LogP contribution in [-0.2, 0) is 6.42 Å². The molecular formula is C12H9Cl3FNS. The van der Waals surface area contributed by atoms with Gasteiger partial charge in [-0.2, -0.15) is 0 Å². The first-order chi connectivity index (χ1) is 8.47. The lowest BCUT2D eigenvalue weighted by atomic mass is 10.0. The second-order valence-electron chi connectivity index (χ2n) is 3.84. The number of rotatable bonds is 3. The zero-order valence-corrected chi connectivity index (χ0v) is 12.2. The standard InChI is InChI=1S/C12H9Cl3FNS/c13-8-2-1-6(3-9(8)16)4-10(17)7-5-11(14)18-12(7)15/h1-3,5,10H,4,17H2. The van der Waals surface area contributed by atoms with Crippen LogP contribution in [0.2, 0.25) is 13.7 Å². The molecule has 0 saturated heterocycles. The third-order valence-electron chi connectivity index (χ3n) is 2.52. The first-order valence-corrected chi connectivity index (χ1v) is 7.06. The molecule has 2 aromatic rings. The molecule has 0 radical (unpaired) electrons. The van der Waals surface area contributed by atoms with Gasteiger partial charge in [-0.1, -0.05) is 40.9 Å². The molecule has 96 valence electrons. The number of benzene rings is 1. The fraction of sp³-hybridized carbons (Fsp3) is 0.167. The summed E-state index contributed by atoms with van der Waals surface area (Å²) in [6.45, 7) is 0.